The second-order valence-electron chi connectivity index (χ2n) is 8.61. The molecule has 0 unspecified atom stereocenters. The smallest absolute Gasteiger partial charge is 0.251 e. The molecule has 2 aromatic carbocycles. The summed E-state index contributed by atoms with van der Waals surface area (Å²) in [5.41, 5.74) is 1.54. The molecule has 2 aliphatic rings. The molecule has 9 heteroatoms. The lowest BCUT2D eigenvalue weighted by Crippen LogP contribution is -2.49. The van der Waals surface area contributed by atoms with Crippen molar-refractivity contribution < 1.29 is 23.5 Å². The Hall–Kier alpha value is -3.07. The summed E-state index contributed by atoms with van der Waals surface area (Å²) in [4.78, 5) is 38.6. The third-order valence-corrected chi connectivity index (χ3v) is 7.21. The number of hydrogen-bond donors (Lipinski definition) is 1. The highest BCUT2D eigenvalue weighted by molar-refractivity contribution is 8.00. The second-order valence-corrected chi connectivity index (χ2v) is 9.60. The number of amides is 3. The predicted molar refractivity (Wildman–Crippen MR) is 129 cm³/mol. The highest BCUT2D eigenvalue weighted by atomic mass is 32.2. The van der Waals surface area contributed by atoms with Crippen LogP contribution in [0.4, 0.5) is 10.1 Å². The number of methoxy groups -OCH3 is 1. The van der Waals surface area contributed by atoms with Gasteiger partial charge in [-0.3, -0.25) is 24.4 Å². The van der Waals surface area contributed by atoms with Crippen LogP contribution < -0.4 is 10.1 Å². The Morgan fingerprint density at radius 2 is 1.76 bits per heavy atom. The quantitative estimate of drug-likeness (QED) is 0.619. The Labute approximate surface area is 202 Å². The number of nitrogens with zero attached hydrogens (tertiary/aromatic N) is 2. The minimum atomic E-state index is -0.578. The van der Waals surface area contributed by atoms with E-state index in [4.69, 9.17) is 4.74 Å². The largest absolute Gasteiger partial charge is 0.497 e. The van der Waals surface area contributed by atoms with Crippen molar-refractivity contribution in [1.82, 2.24) is 10.0 Å². The molecule has 1 saturated carbocycles. The SMILES string of the molecule is COc1ccc(C2(C(=O)N3CCCN3C(=O)CSCC(=O)Nc3cc(F)ccc3C)CC2)cc1. The van der Waals surface area contributed by atoms with Gasteiger partial charge in [0.2, 0.25) is 5.91 Å². The highest BCUT2D eigenvalue weighted by Crippen LogP contribution is 2.50. The van der Waals surface area contributed by atoms with Crippen LogP contribution in [-0.2, 0) is 19.8 Å². The molecule has 4 rings (SSSR count). The molecule has 0 radical (unpaired) electrons. The van der Waals surface area contributed by atoms with Gasteiger partial charge in [-0.05, 0) is 61.6 Å². The van der Waals surface area contributed by atoms with Crippen molar-refractivity contribution in [3.05, 3.63) is 59.4 Å². The van der Waals surface area contributed by atoms with Crippen LogP contribution in [-0.4, -0.2) is 59.4 Å². The van der Waals surface area contributed by atoms with Gasteiger partial charge < -0.3 is 10.1 Å². The van der Waals surface area contributed by atoms with Crippen molar-refractivity contribution in [3.8, 4) is 5.75 Å². The monoisotopic (exact) mass is 485 g/mol. The van der Waals surface area contributed by atoms with Crippen LogP contribution in [0.25, 0.3) is 0 Å². The summed E-state index contributed by atoms with van der Waals surface area (Å²) in [5.74, 6) is -0.112. The van der Waals surface area contributed by atoms with Crippen LogP contribution >= 0.6 is 11.8 Å². The van der Waals surface area contributed by atoms with E-state index < -0.39 is 11.2 Å². The molecule has 1 heterocycles. The minimum absolute atomic E-state index is 0.0483. The molecule has 0 atom stereocenters. The number of carbonyl (C=O) groups excluding carboxylic acids is 3. The molecule has 34 heavy (non-hydrogen) atoms. The number of benzene rings is 2. The first-order valence-corrected chi connectivity index (χ1v) is 12.4. The highest BCUT2D eigenvalue weighted by Gasteiger charge is 2.54. The number of carbonyl (C=O) groups is 3. The van der Waals surface area contributed by atoms with Crippen LogP contribution in [0.3, 0.4) is 0 Å². The van der Waals surface area contributed by atoms with Gasteiger partial charge in [0.1, 0.15) is 11.6 Å². The maximum Gasteiger partial charge on any atom is 0.251 e. The number of thioether (sulfide) groups is 1. The predicted octanol–water partition coefficient (Wildman–Crippen LogP) is 3.52. The van der Waals surface area contributed by atoms with E-state index in [0.29, 0.717) is 18.8 Å². The van der Waals surface area contributed by atoms with Gasteiger partial charge in [-0.15, -0.1) is 11.8 Å². The number of hydrazine groups is 1. The molecule has 1 N–H and O–H groups in total. The van der Waals surface area contributed by atoms with E-state index in [2.05, 4.69) is 5.32 Å². The molecular formula is C25H28FN3O4S. The van der Waals surface area contributed by atoms with Crippen molar-refractivity contribution in [3.63, 3.8) is 0 Å². The Bertz CT molecular complexity index is 1090. The molecule has 180 valence electrons. The molecular weight excluding hydrogens is 457 g/mol. The molecule has 1 aliphatic heterocycles. The van der Waals surface area contributed by atoms with E-state index in [9.17, 15) is 18.8 Å². The lowest BCUT2D eigenvalue weighted by Gasteiger charge is -2.31. The van der Waals surface area contributed by atoms with Gasteiger partial charge in [-0.1, -0.05) is 18.2 Å². The Kier molecular flexibility index (Phi) is 7.11. The summed E-state index contributed by atoms with van der Waals surface area (Å²) in [6.07, 6.45) is 2.23. The fourth-order valence-corrected chi connectivity index (χ4v) is 4.89. The topological polar surface area (TPSA) is 79.0 Å². The zero-order valence-corrected chi connectivity index (χ0v) is 20.1. The first kappa shape index (κ1) is 24.1. The first-order chi connectivity index (χ1) is 16.3. The molecule has 1 saturated heterocycles. The van der Waals surface area contributed by atoms with Crippen LogP contribution in [0.1, 0.15) is 30.4 Å². The number of halogens is 1. The van der Waals surface area contributed by atoms with Crippen molar-refractivity contribution >= 4 is 35.2 Å². The summed E-state index contributed by atoms with van der Waals surface area (Å²) >= 11 is 1.17. The van der Waals surface area contributed by atoms with Gasteiger partial charge in [-0.25, -0.2) is 4.39 Å². The Morgan fingerprint density at radius 3 is 2.44 bits per heavy atom. The second kappa shape index (κ2) is 10.0. The van der Waals surface area contributed by atoms with E-state index in [0.717, 1.165) is 36.1 Å². The zero-order valence-electron chi connectivity index (χ0n) is 19.3. The fourth-order valence-electron chi connectivity index (χ4n) is 4.21. The zero-order chi connectivity index (χ0) is 24.3. The van der Waals surface area contributed by atoms with E-state index in [1.807, 2.05) is 24.3 Å². The maximum atomic E-state index is 13.4. The maximum absolute atomic E-state index is 13.4. The number of aryl methyl sites for hydroxylation is 1. The molecule has 1 aliphatic carbocycles. The van der Waals surface area contributed by atoms with E-state index >= 15 is 0 Å². The van der Waals surface area contributed by atoms with Crippen LogP contribution in [0.2, 0.25) is 0 Å². The van der Waals surface area contributed by atoms with E-state index in [1.165, 1.54) is 28.9 Å². The van der Waals surface area contributed by atoms with Crippen molar-refractivity contribution in [2.24, 2.45) is 0 Å². The van der Waals surface area contributed by atoms with Crippen molar-refractivity contribution in [2.75, 3.05) is 37.0 Å². The Balaban J connectivity index is 1.32. The molecule has 0 spiro atoms. The van der Waals surface area contributed by atoms with Crippen molar-refractivity contribution in [1.29, 1.82) is 0 Å². The fraction of sp³-hybridized carbons (Fsp3) is 0.400. The normalized spacial score (nSPS) is 16.3. The molecule has 2 fully saturated rings. The molecule has 3 amide bonds. The van der Waals surface area contributed by atoms with Gasteiger partial charge in [-0.2, -0.15) is 0 Å². The first-order valence-electron chi connectivity index (χ1n) is 11.2. The summed E-state index contributed by atoms with van der Waals surface area (Å²) in [6.45, 7) is 2.77. The third kappa shape index (κ3) is 5.04. The van der Waals surface area contributed by atoms with Gasteiger partial charge in [0.25, 0.3) is 11.8 Å². The Morgan fingerprint density at radius 1 is 1.06 bits per heavy atom. The number of anilines is 1. The lowest BCUT2D eigenvalue weighted by atomic mass is 9.94. The average molecular weight is 486 g/mol. The summed E-state index contributed by atoms with van der Waals surface area (Å²) in [6, 6.07) is 11.7. The summed E-state index contributed by atoms with van der Waals surface area (Å²) in [5, 5.41) is 5.78. The van der Waals surface area contributed by atoms with E-state index in [1.54, 1.807) is 25.1 Å². The number of nitrogens with one attached hydrogen (secondary N) is 1. The van der Waals surface area contributed by atoms with Gasteiger partial charge in [0, 0.05) is 18.8 Å². The van der Waals surface area contributed by atoms with Crippen LogP contribution in [0, 0.1) is 12.7 Å². The van der Waals surface area contributed by atoms with Gasteiger partial charge >= 0.3 is 0 Å². The number of ether oxygens (including phenoxy) is 1. The van der Waals surface area contributed by atoms with Gasteiger partial charge in [0.05, 0.1) is 24.0 Å². The lowest BCUT2D eigenvalue weighted by molar-refractivity contribution is -0.158. The van der Waals surface area contributed by atoms with Crippen LogP contribution in [0.15, 0.2) is 42.5 Å². The number of hydrogen-bond acceptors (Lipinski definition) is 5. The molecule has 0 bridgehead atoms. The summed E-state index contributed by atoms with van der Waals surface area (Å²) in [7, 11) is 1.60. The van der Waals surface area contributed by atoms with Crippen LogP contribution in [0.5, 0.6) is 5.75 Å². The molecule has 0 aromatic heterocycles. The van der Waals surface area contributed by atoms with Crippen molar-refractivity contribution in [2.45, 2.75) is 31.6 Å². The average Bonchev–Trinajstić information content (AvgIpc) is 3.50. The molecule has 7 nitrogen and oxygen atoms in total. The summed E-state index contributed by atoms with van der Waals surface area (Å²) < 4.78 is 18.6. The third-order valence-electron chi connectivity index (χ3n) is 6.29. The van der Waals surface area contributed by atoms with Gasteiger partial charge in [0.15, 0.2) is 0 Å². The standard InChI is InChI=1S/C25H28FN3O4S/c1-17-4-7-19(26)14-21(17)27-22(30)15-34-16-23(31)28-12-3-13-29(28)24(32)25(10-11-25)18-5-8-20(33-2)9-6-18/h4-9,14H,3,10-13,15-16H2,1-2H3,(H,27,30). The number of rotatable bonds is 8. The van der Waals surface area contributed by atoms with E-state index in [-0.39, 0.29) is 29.2 Å². The minimum Gasteiger partial charge on any atom is -0.497 e. The molecule has 2 aromatic rings.